The minimum absolute atomic E-state index is 0.0547. The van der Waals surface area contributed by atoms with Crippen LogP contribution in [0.1, 0.15) is 36.6 Å². The van der Waals surface area contributed by atoms with Crippen LogP contribution in [0.5, 0.6) is 0 Å². The van der Waals surface area contributed by atoms with Gasteiger partial charge in [0.05, 0.1) is 28.2 Å². The zero-order chi connectivity index (χ0) is 24.4. The highest BCUT2D eigenvalue weighted by Crippen LogP contribution is 2.37. The molecule has 1 saturated heterocycles. The van der Waals surface area contributed by atoms with Crippen molar-refractivity contribution >= 4 is 52.1 Å². The molecule has 1 aliphatic heterocycles. The molecule has 4 nitrogen and oxygen atoms in total. The molecule has 1 fully saturated rings. The Morgan fingerprint density at radius 2 is 1.74 bits per heavy atom. The first-order valence-corrected chi connectivity index (χ1v) is 12.1. The van der Waals surface area contributed by atoms with E-state index < -0.39 is 0 Å². The Labute approximate surface area is 215 Å². The average Bonchev–Trinajstić information content (AvgIpc) is 2.83. The number of halogens is 2. The van der Waals surface area contributed by atoms with Crippen molar-refractivity contribution in [3.63, 3.8) is 0 Å². The van der Waals surface area contributed by atoms with E-state index in [2.05, 4.69) is 30.0 Å². The average molecular weight is 508 g/mol. The van der Waals surface area contributed by atoms with E-state index in [4.69, 9.17) is 35.4 Å². The quantitative estimate of drug-likeness (QED) is 0.356. The molecule has 3 aromatic carbocycles. The van der Waals surface area contributed by atoms with Crippen molar-refractivity contribution < 1.29 is 4.79 Å². The number of benzene rings is 3. The molecular weight excluding hydrogens is 485 g/mol. The highest BCUT2D eigenvalue weighted by Gasteiger charge is 2.44. The van der Waals surface area contributed by atoms with Crippen LogP contribution in [-0.4, -0.2) is 22.0 Å². The van der Waals surface area contributed by atoms with Gasteiger partial charge in [0, 0.05) is 11.1 Å². The lowest BCUT2D eigenvalue weighted by Crippen LogP contribution is -2.62. The topological polar surface area (TPSA) is 47.3 Å². The van der Waals surface area contributed by atoms with E-state index in [1.54, 1.807) is 23.1 Å². The van der Waals surface area contributed by atoms with Gasteiger partial charge in [-0.1, -0.05) is 65.7 Å². The van der Waals surface area contributed by atoms with Crippen LogP contribution in [0.4, 0.5) is 5.69 Å². The first-order chi connectivity index (χ1) is 16.3. The molecular formula is C27H23Cl2N3OS. The Kier molecular flexibility index (Phi) is 7.23. The van der Waals surface area contributed by atoms with Crippen LogP contribution in [-0.2, 0) is 11.2 Å². The van der Waals surface area contributed by atoms with E-state index in [-0.39, 0.29) is 28.9 Å². The minimum atomic E-state index is -0.353. The molecule has 0 saturated carbocycles. The van der Waals surface area contributed by atoms with Crippen LogP contribution in [0.15, 0.2) is 72.8 Å². The Hall–Kier alpha value is -2.91. The summed E-state index contributed by atoms with van der Waals surface area (Å²) in [5.74, 6) is -0.446. The molecule has 0 unspecified atom stereocenters. The molecule has 0 N–H and O–H groups in total. The lowest BCUT2D eigenvalue weighted by molar-refractivity contribution is -0.124. The summed E-state index contributed by atoms with van der Waals surface area (Å²) in [6.07, 6.45) is 0.540. The van der Waals surface area contributed by atoms with E-state index in [9.17, 15) is 10.1 Å². The molecule has 0 radical (unpaired) electrons. The number of carbonyl (C=O) groups is 1. The smallest absolute Gasteiger partial charge is 0.238 e. The molecule has 7 heteroatoms. The largest absolute Gasteiger partial charge is 0.338 e. The van der Waals surface area contributed by atoms with Crippen molar-refractivity contribution in [2.75, 3.05) is 4.90 Å². The standard InChI is InChI=1S/C27H23Cl2N3OS/c1-17(20-6-4-3-5-7-20)31-18(2)24(14-19-8-11-22(28)12-9-19)26(33)32(27(31)34)23-13-10-21(16-30)25(29)15-23/h3-13,15,17-18,24H,14H2,1-2H3/t17-,18-,24+/m0/s1. The predicted molar refractivity (Wildman–Crippen MR) is 141 cm³/mol. The van der Waals surface area contributed by atoms with E-state index in [0.29, 0.717) is 27.8 Å². The highest BCUT2D eigenvalue weighted by molar-refractivity contribution is 7.80. The molecule has 0 spiro atoms. The number of hydrogen-bond acceptors (Lipinski definition) is 3. The third kappa shape index (κ3) is 4.67. The van der Waals surface area contributed by atoms with Crippen molar-refractivity contribution in [1.29, 1.82) is 5.26 Å². The molecule has 4 rings (SSSR count). The van der Waals surface area contributed by atoms with Gasteiger partial charge in [0.2, 0.25) is 5.91 Å². The monoisotopic (exact) mass is 507 g/mol. The second-order valence-corrected chi connectivity index (χ2v) is 9.61. The maximum Gasteiger partial charge on any atom is 0.238 e. The highest BCUT2D eigenvalue weighted by atomic mass is 35.5. The third-order valence-corrected chi connectivity index (χ3v) is 7.33. The fourth-order valence-electron chi connectivity index (χ4n) is 4.46. The van der Waals surface area contributed by atoms with Gasteiger partial charge in [-0.2, -0.15) is 5.26 Å². The first-order valence-electron chi connectivity index (χ1n) is 11.0. The van der Waals surface area contributed by atoms with Gasteiger partial charge in [-0.15, -0.1) is 0 Å². The van der Waals surface area contributed by atoms with Gasteiger partial charge in [-0.25, -0.2) is 0 Å². The van der Waals surface area contributed by atoms with Crippen LogP contribution in [0.2, 0.25) is 10.0 Å². The summed E-state index contributed by atoms with van der Waals surface area (Å²) in [5, 5.41) is 10.6. The zero-order valence-corrected chi connectivity index (χ0v) is 21.1. The SMILES string of the molecule is C[C@@H](c1ccccc1)N1C(=S)N(c2ccc(C#N)c(Cl)c2)C(=O)[C@H](Cc2ccc(Cl)cc2)[C@@H]1C. The van der Waals surface area contributed by atoms with Crippen molar-refractivity contribution in [1.82, 2.24) is 4.90 Å². The van der Waals surface area contributed by atoms with Gasteiger partial charge in [0.25, 0.3) is 0 Å². The molecule has 34 heavy (non-hydrogen) atoms. The maximum atomic E-state index is 13.9. The second kappa shape index (κ2) is 10.1. The number of amides is 1. The molecule has 3 atom stereocenters. The number of anilines is 1. The van der Waals surface area contributed by atoms with Crippen LogP contribution in [0.3, 0.4) is 0 Å². The van der Waals surface area contributed by atoms with Crippen molar-refractivity contribution in [3.8, 4) is 6.07 Å². The molecule has 1 aliphatic rings. The number of rotatable bonds is 5. The van der Waals surface area contributed by atoms with Crippen LogP contribution in [0, 0.1) is 17.2 Å². The third-order valence-electron chi connectivity index (χ3n) is 6.37. The minimum Gasteiger partial charge on any atom is -0.338 e. The van der Waals surface area contributed by atoms with Crippen molar-refractivity contribution in [2.24, 2.45) is 5.92 Å². The summed E-state index contributed by atoms with van der Waals surface area (Å²) in [4.78, 5) is 17.5. The van der Waals surface area contributed by atoms with Crippen LogP contribution in [0.25, 0.3) is 0 Å². The number of hydrogen-bond donors (Lipinski definition) is 0. The molecule has 0 aliphatic carbocycles. The summed E-state index contributed by atoms with van der Waals surface area (Å²) in [6.45, 7) is 4.14. The Balaban J connectivity index is 1.77. The zero-order valence-electron chi connectivity index (χ0n) is 18.8. The van der Waals surface area contributed by atoms with Gasteiger partial charge < -0.3 is 4.90 Å². The number of nitriles is 1. The Morgan fingerprint density at radius 3 is 2.35 bits per heavy atom. The van der Waals surface area contributed by atoms with E-state index >= 15 is 0 Å². The lowest BCUT2D eigenvalue weighted by atomic mass is 9.87. The number of carbonyl (C=O) groups excluding carboxylic acids is 1. The molecule has 0 aromatic heterocycles. The maximum absolute atomic E-state index is 13.9. The fourth-order valence-corrected chi connectivity index (χ4v) is 5.33. The summed E-state index contributed by atoms with van der Waals surface area (Å²) in [5.41, 5.74) is 3.03. The lowest BCUT2D eigenvalue weighted by Gasteiger charge is -2.48. The summed E-state index contributed by atoms with van der Waals surface area (Å²) < 4.78 is 0. The molecule has 1 heterocycles. The summed E-state index contributed by atoms with van der Waals surface area (Å²) in [6, 6.07) is 24.5. The predicted octanol–water partition coefficient (Wildman–Crippen LogP) is 6.81. The second-order valence-electron chi connectivity index (χ2n) is 8.40. The van der Waals surface area contributed by atoms with Crippen LogP contribution < -0.4 is 4.90 Å². The van der Waals surface area contributed by atoms with E-state index in [0.717, 1.165) is 11.1 Å². The molecule has 1 amide bonds. The Bertz CT molecular complexity index is 1260. The summed E-state index contributed by atoms with van der Waals surface area (Å²) >= 11 is 18.3. The van der Waals surface area contributed by atoms with Gasteiger partial charge in [-0.3, -0.25) is 9.69 Å². The molecule has 172 valence electrons. The molecule has 0 bridgehead atoms. The summed E-state index contributed by atoms with van der Waals surface area (Å²) in [7, 11) is 0. The normalized spacial score (nSPS) is 19.1. The molecule has 3 aromatic rings. The van der Waals surface area contributed by atoms with Gasteiger partial charge in [0.15, 0.2) is 5.11 Å². The first kappa shape index (κ1) is 24.2. The number of thiocarbonyl (C=S) groups is 1. The van der Waals surface area contributed by atoms with E-state index in [1.807, 2.05) is 49.4 Å². The van der Waals surface area contributed by atoms with Crippen LogP contribution >= 0.6 is 35.4 Å². The van der Waals surface area contributed by atoms with Gasteiger partial charge in [0.1, 0.15) is 6.07 Å². The van der Waals surface area contributed by atoms with E-state index in [1.165, 1.54) is 0 Å². The van der Waals surface area contributed by atoms with Gasteiger partial charge in [-0.05, 0) is 73.9 Å². The van der Waals surface area contributed by atoms with Gasteiger partial charge >= 0.3 is 0 Å². The van der Waals surface area contributed by atoms with Crippen molar-refractivity contribution in [2.45, 2.75) is 32.4 Å². The fraction of sp³-hybridized carbons (Fsp3) is 0.222. The number of nitrogens with zero attached hydrogens (tertiary/aromatic N) is 3. The van der Waals surface area contributed by atoms with Crippen molar-refractivity contribution in [3.05, 3.63) is 99.5 Å². The Morgan fingerprint density at radius 1 is 1.06 bits per heavy atom.